The van der Waals surface area contributed by atoms with Crippen LogP contribution in [0, 0.1) is 6.92 Å². The lowest BCUT2D eigenvalue weighted by Crippen LogP contribution is -2.47. The molecule has 0 radical (unpaired) electrons. The fourth-order valence-corrected chi connectivity index (χ4v) is 4.15. The summed E-state index contributed by atoms with van der Waals surface area (Å²) in [4.78, 5) is 11.1. The highest BCUT2D eigenvalue weighted by Gasteiger charge is 2.25. The number of anilines is 2. The Morgan fingerprint density at radius 1 is 1.21 bits per heavy atom. The summed E-state index contributed by atoms with van der Waals surface area (Å²) in [6.07, 6.45) is 0. The number of aliphatic imine (C=N–C) groups is 1. The minimum absolute atomic E-state index is 0.535. The summed E-state index contributed by atoms with van der Waals surface area (Å²) < 4.78 is 0. The monoisotopic (exact) mass is 341 g/mol. The van der Waals surface area contributed by atoms with E-state index in [1.807, 2.05) is 0 Å². The maximum absolute atomic E-state index is 5.82. The highest BCUT2D eigenvalue weighted by Crippen LogP contribution is 2.39. The number of piperazine rings is 1. The van der Waals surface area contributed by atoms with E-state index in [1.54, 1.807) is 11.3 Å². The average molecular weight is 341 g/mol. The van der Waals surface area contributed by atoms with Crippen LogP contribution in [-0.4, -0.2) is 48.9 Å². The van der Waals surface area contributed by atoms with Gasteiger partial charge < -0.3 is 20.9 Å². The van der Waals surface area contributed by atoms with Gasteiger partial charge in [-0.2, -0.15) is 0 Å². The molecule has 2 aromatic rings. The molecule has 0 atom stereocenters. The molecule has 1 aromatic heterocycles. The number of hydrogen-bond acceptors (Lipinski definition) is 6. The van der Waals surface area contributed by atoms with Crippen LogP contribution in [0.5, 0.6) is 0 Å². The largest absolute Gasteiger partial charge is 0.353 e. The second-order valence-corrected chi connectivity index (χ2v) is 7.76. The number of fused-ring (bicyclic) bond motifs is 2. The Labute approximate surface area is 146 Å². The predicted octanol–water partition coefficient (Wildman–Crippen LogP) is 2.90. The number of likely N-dealkylation sites (N-methyl/N-ethyl adjacent to an activating group) is 1. The van der Waals surface area contributed by atoms with Gasteiger partial charge in [0.1, 0.15) is 10.8 Å². The summed E-state index contributed by atoms with van der Waals surface area (Å²) in [5, 5.41) is 4.76. The first-order chi connectivity index (χ1) is 11.6. The molecule has 6 heteroatoms. The first-order valence-corrected chi connectivity index (χ1v) is 9.18. The summed E-state index contributed by atoms with van der Waals surface area (Å²) in [7, 11) is 2.18. The predicted molar refractivity (Wildman–Crippen MR) is 102 cm³/mol. The Bertz CT molecular complexity index is 787. The Morgan fingerprint density at radius 3 is 2.75 bits per heavy atom. The lowest BCUT2D eigenvalue weighted by atomic mass is 10.1. The molecule has 1 fully saturated rings. The molecule has 24 heavy (non-hydrogen) atoms. The molecule has 0 bridgehead atoms. The minimum Gasteiger partial charge on any atom is -0.353 e. The van der Waals surface area contributed by atoms with Crippen molar-refractivity contribution in [2.45, 2.75) is 13.5 Å². The van der Waals surface area contributed by atoms with E-state index >= 15 is 0 Å². The number of nitrogens with two attached hydrogens (primary N) is 1. The molecule has 2 aliphatic heterocycles. The quantitative estimate of drug-likeness (QED) is 0.837. The molecule has 4 rings (SSSR count). The molecule has 1 aromatic carbocycles. The molecule has 0 spiro atoms. The molecule has 1 saturated heterocycles. The summed E-state index contributed by atoms with van der Waals surface area (Å²) in [5.41, 5.74) is 10.2. The van der Waals surface area contributed by atoms with Crippen LogP contribution < -0.4 is 11.1 Å². The van der Waals surface area contributed by atoms with Crippen molar-refractivity contribution in [2.75, 3.05) is 38.5 Å². The number of rotatable bonds is 1. The summed E-state index contributed by atoms with van der Waals surface area (Å²) in [5.74, 6) is 1.09. The van der Waals surface area contributed by atoms with Gasteiger partial charge in [0.25, 0.3) is 0 Å². The van der Waals surface area contributed by atoms with Crippen LogP contribution in [0.25, 0.3) is 0 Å². The maximum Gasteiger partial charge on any atom is 0.139 e. The molecule has 2 aliphatic rings. The van der Waals surface area contributed by atoms with Crippen LogP contribution in [0.1, 0.15) is 16.0 Å². The number of benzene rings is 1. The van der Waals surface area contributed by atoms with Crippen molar-refractivity contribution < 1.29 is 0 Å². The van der Waals surface area contributed by atoms with Gasteiger partial charge in [0.15, 0.2) is 0 Å². The van der Waals surface area contributed by atoms with Crippen LogP contribution in [0.15, 0.2) is 29.3 Å². The Hall–Kier alpha value is -1.89. The molecule has 3 heterocycles. The molecule has 0 amide bonds. The van der Waals surface area contributed by atoms with Gasteiger partial charge in [0, 0.05) is 37.6 Å². The van der Waals surface area contributed by atoms with E-state index < -0.39 is 0 Å². The first kappa shape index (κ1) is 15.6. The standard InChI is InChI=1S/C18H23N5S/c1-12-9-14-17(23-7-5-22(2)6-8-23)20-16-10-13(11-19)3-4-15(16)21-18(14)24-12/h3-4,9-10,21H,5-8,11,19H2,1-2H3. The van der Waals surface area contributed by atoms with Crippen molar-refractivity contribution in [2.24, 2.45) is 10.7 Å². The zero-order valence-corrected chi connectivity index (χ0v) is 15.0. The fourth-order valence-electron chi connectivity index (χ4n) is 3.23. The molecule has 3 N–H and O–H groups in total. The molecule has 126 valence electrons. The van der Waals surface area contributed by atoms with Crippen molar-refractivity contribution in [1.82, 2.24) is 9.80 Å². The van der Waals surface area contributed by atoms with Gasteiger partial charge in [-0.25, -0.2) is 4.99 Å². The van der Waals surface area contributed by atoms with E-state index in [1.165, 1.54) is 15.4 Å². The van der Waals surface area contributed by atoms with Gasteiger partial charge in [-0.3, -0.25) is 0 Å². The molecule has 0 saturated carbocycles. The smallest absolute Gasteiger partial charge is 0.139 e. The second-order valence-electron chi connectivity index (χ2n) is 6.51. The number of hydrogen-bond donors (Lipinski definition) is 2. The molecular weight excluding hydrogens is 318 g/mol. The zero-order chi connectivity index (χ0) is 16.7. The Kier molecular flexibility index (Phi) is 4.04. The average Bonchev–Trinajstić information content (AvgIpc) is 2.88. The van der Waals surface area contributed by atoms with Crippen molar-refractivity contribution >= 4 is 33.5 Å². The number of amidine groups is 1. The summed E-state index contributed by atoms with van der Waals surface area (Å²) in [6.45, 7) is 6.85. The summed E-state index contributed by atoms with van der Waals surface area (Å²) >= 11 is 1.79. The third-order valence-corrected chi connectivity index (χ3v) is 5.64. The normalized spacial score (nSPS) is 17.6. The third kappa shape index (κ3) is 2.81. The Balaban J connectivity index is 1.81. The molecule has 0 unspecified atom stereocenters. The third-order valence-electron chi connectivity index (χ3n) is 4.67. The van der Waals surface area contributed by atoms with Crippen LogP contribution in [-0.2, 0) is 6.54 Å². The first-order valence-electron chi connectivity index (χ1n) is 8.37. The number of nitrogens with zero attached hydrogens (tertiary/aromatic N) is 3. The second kappa shape index (κ2) is 6.20. The van der Waals surface area contributed by atoms with E-state index in [4.69, 9.17) is 10.7 Å². The number of thiophene rings is 1. The highest BCUT2D eigenvalue weighted by molar-refractivity contribution is 7.16. The van der Waals surface area contributed by atoms with Crippen LogP contribution >= 0.6 is 11.3 Å². The zero-order valence-electron chi connectivity index (χ0n) is 14.2. The van der Waals surface area contributed by atoms with Crippen molar-refractivity contribution in [3.8, 4) is 0 Å². The highest BCUT2D eigenvalue weighted by atomic mass is 32.1. The minimum atomic E-state index is 0.535. The molecule has 5 nitrogen and oxygen atoms in total. The van der Waals surface area contributed by atoms with Gasteiger partial charge in [-0.1, -0.05) is 6.07 Å². The van der Waals surface area contributed by atoms with Gasteiger partial charge in [-0.05, 0) is 37.7 Å². The molecular formula is C18H23N5S. The number of nitrogens with one attached hydrogen (secondary N) is 1. The summed E-state index contributed by atoms with van der Waals surface area (Å²) in [6, 6.07) is 8.51. The lowest BCUT2D eigenvalue weighted by molar-refractivity contribution is 0.216. The SMILES string of the molecule is Cc1cc2c(s1)Nc1ccc(CN)cc1N=C2N1CCN(C)CC1. The van der Waals surface area contributed by atoms with Crippen molar-refractivity contribution in [3.63, 3.8) is 0 Å². The van der Waals surface area contributed by atoms with Gasteiger partial charge in [-0.15, -0.1) is 11.3 Å². The van der Waals surface area contributed by atoms with Crippen LogP contribution in [0.3, 0.4) is 0 Å². The maximum atomic E-state index is 5.82. The van der Waals surface area contributed by atoms with Crippen molar-refractivity contribution in [1.29, 1.82) is 0 Å². The van der Waals surface area contributed by atoms with Crippen molar-refractivity contribution in [3.05, 3.63) is 40.3 Å². The van der Waals surface area contributed by atoms with E-state index in [9.17, 15) is 0 Å². The fraction of sp³-hybridized carbons (Fsp3) is 0.389. The van der Waals surface area contributed by atoms with Gasteiger partial charge >= 0.3 is 0 Å². The lowest BCUT2D eigenvalue weighted by Gasteiger charge is -2.34. The van der Waals surface area contributed by atoms with Gasteiger partial charge in [0.2, 0.25) is 0 Å². The van der Waals surface area contributed by atoms with Crippen LogP contribution in [0.2, 0.25) is 0 Å². The number of aryl methyl sites for hydroxylation is 1. The van der Waals surface area contributed by atoms with E-state index in [0.29, 0.717) is 6.54 Å². The van der Waals surface area contributed by atoms with Gasteiger partial charge in [0.05, 0.1) is 16.9 Å². The topological polar surface area (TPSA) is 56.9 Å². The van der Waals surface area contributed by atoms with E-state index in [2.05, 4.69) is 53.4 Å². The Morgan fingerprint density at radius 2 is 2.00 bits per heavy atom. The molecule has 0 aliphatic carbocycles. The van der Waals surface area contributed by atoms with Crippen LogP contribution in [0.4, 0.5) is 16.4 Å². The van der Waals surface area contributed by atoms with E-state index in [-0.39, 0.29) is 0 Å². The van der Waals surface area contributed by atoms with E-state index in [0.717, 1.165) is 49.0 Å².